The number of carbonyl (C=O) groups is 2. The maximum Gasteiger partial charge on any atom is 0.285 e. The summed E-state index contributed by atoms with van der Waals surface area (Å²) in [6, 6.07) is 18.8. The molecule has 0 atom stereocenters. The van der Waals surface area contributed by atoms with Crippen LogP contribution in [0.15, 0.2) is 76.7 Å². The molecule has 0 unspecified atom stereocenters. The molecule has 1 saturated heterocycles. The Morgan fingerprint density at radius 3 is 2.41 bits per heavy atom. The largest absolute Gasteiger partial charge is 0.285 e. The number of carbonyl (C=O) groups excluding carboxylic acids is 2. The van der Waals surface area contributed by atoms with Crippen LogP contribution in [0.25, 0.3) is 6.08 Å². The predicted molar refractivity (Wildman–Crippen MR) is 114 cm³/mol. The van der Waals surface area contributed by atoms with Gasteiger partial charge in [0.2, 0.25) is 5.91 Å². The third-order valence-corrected chi connectivity index (χ3v) is 5.13. The monoisotopic (exact) mass is 414 g/mol. The van der Waals surface area contributed by atoms with Gasteiger partial charge in [-0.15, -0.1) is 0 Å². The lowest BCUT2D eigenvalue weighted by Gasteiger charge is -2.15. The highest BCUT2D eigenvalue weighted by Crippen LogP contribution is 2.31. The van der Waals surface area contributed by atoms with E-state index in [-0.39, 0.29) is 16.6 Å². The second-order valence-corrected chi connectivity index (χ2v) is 7.77. The number of rotatable bonds is 5. The van der Waals surface area contributed by atoms with Crippen molar-refractivity contribution in [3.05, 3.63) is 87.8 Å². The fraction of sp³-hybridized carbons (Fsp3) is 0.0500. The second kappa shape index (κ2) is 8.99. The Balaban J connectivity index is 1.67. The minimum Gasteiger partial charge on any atom is -0.273 e. The standard InChI is InChI=1S/C20H15ClN2O2S2/c21-16(11-14-7-3-1-4-8-14)13-17-19(25)23(20(26)27-17)22-18(24)12-15-9-5-2-6-10-15/h1-11,13H,12H2,(H,22,24). The molecule has 4 nitrogen and oxygen atoms in total. The molecule has 2 amide bonds. The smallest absolute Gasteiger partial charge is 0.273 e. The Bertz CT molecular complexity index is 928. The van der Waals surface area contributed by atoms with E-state index >= 15 is 0 Å². The van der Waals surface area contributed by atoms with Gasteiger partial charge >= 0.3 is 0 Å². The van der Waals surface area contributed by atoms with Crippen LogP contribution in [0, 0.1) is 0 Å². The lowest BCUT2D eigenvalue weighted by atomic mass is 10.1. The van der Waals surface area contributed by atoms with E-state index in [2.05, 4.69) is 5.43 Å². The number of allylic oxidation sites excluding steroid dienone is 2. The molecule has 3 rings (SSSR count). The summed E-state index contributed by atoms with van der Waals surface area (Å²) in [4.78, 5) is 25.1. The Kier molecular flexibility index (Phi) is 6.45. The summed E-state index contributed by atoms with van der Waals surface area (Å²) >= 11 is 12.5. The highest BCUT2D eigenvalue weighted by Gasteiger charge is 2.33. The van der Waals surface area contributed by atoms with Gasteiger partial charge in [0.05, 0.1) is 11.3 Å². The number of halogens is 1. The number of hydrogen-bond acceptors (Lipinski definition) is 4. The topological polar surface area (TPSA) is 49.4 Å². The van der Waals surface area contributed by atoms with Crippen molar-refractivity contribution in [1.29, 1.82) is 0 Å². The van der Waals surface area contributed by atoms with Crippen LogP contribution < -0.4 is 5.43 Å². The number of amides is 2. The lowest BCUT2D eigenvalue weighted by Crippen LogP contribution is -2.45. The molecule has 0 saturated carbocycles. The van der Waals surface area contributed by atoms with Crippen LogP contribution >= 0.6 is 35.6 Å². The first-order valence-corrected chi connectivity index (χ1v) is 9.67. The van der Waals surface area contributed by atoms with Crippen molar-refractivity contribution < 1.29 is 9.59 Å². The lowest BCUT2D eigenvalue weighted by molar-refractivity contribution is -0.132. The van der Waals surface area contributed by atoms with E-state index in [1.807, 2.05) is 60.7 Å². The normalized spacial score (nSPS) is 16.1. The SMILES string of the molecule is O=C(Cc1ccccc1)NN1C(=O)C(=CC(Cl)=Cc2ccccc2)SC1=S. The van der Waals surface area contributed by atoms with Gasteiger partial charge in [-0.25, -0.2) is 0 Å². The zero-order chi connectivity index (χ0) is 19.2. The van der Waals surface area contributed by atoms with Crippen molar-refractivity contribution in [1.82, 2.24) is 10.4 Å². The average Bonchev–Trinajstić information content (AvgIpc) is 2.90. The third kappa shape index (κ3) is 5.29. The zero-order valence-corrected chi connectivity index (χ0v) is 16.5. The van der Waals surface area contributed by atoms with Crippen molar-refractivity contribution in [3.63, 3.8) is 0 Å². The van der Waals surface area contributed by atoms with Crippen molar-refractivity contribution in [2.45, 2.75) is 6.42 Å². The van der Waals surface area contributed by atoms with Crippen molar-refractivity contribution in [2.75, 3.05) is 0 Å². The number of benzene rings is 2. The van der Waals surface area contributed by atoms with Gasteiger partial charge in [-0.1, -0.05) is 84.0 Å². The first-order chi connectivity index (χ1) is 13.0. The fourth-order valence-electron chi connectivity index (χ4n) is 2.38. The molecule has 1 heterocycles. The van der Waals surface area contributed by atoms with Gasteiger partial charge in [-0.2, -0.15) is 5.01 Å². The highest BCUT2D eigenvalue weighted by atomic mass is 35.5. The van der Waals surface area contributed by atoms with Gasteiger partial charge in [0.15, 0.2) is 4.32 Å². The molecule has 0 aromatic heterocycles. The number of nitrogens with zero attached hydrogens (tertiary/aromatic N) is 1. The molecule has 136 valence electrons. The first-order valence-electron chi connectivity index (χ1n) is 8.06. The summed E-state index contributed by atoms with van der Waals surface area (Å²) in [6.07, 6.45) is 3.46. The number of thioether (sulfide) groups is 1. The number of thiocarbonyl (C=S) groups is 1. The summed E-state index contributed by atoms with van der Waals surface area (Å²) in [6.45, 7) is 0. The Morgan fingerprint density at radius 1 is 1.11 bits per heavy atom. The Labute approximate surface area is 171 Å². The Hall–Kier alpha value is -2.41. The van der Waals surface area contributed by atoms with E-state index in [4.69, 9.17) is 23.8 Å². The maximum atomic E-state index is 12.5. The van der Waals surface area contributed by atoms with Gasteiger partial charge in [-0.3, -0.25) is 15.0 Å². The number of hydrogen-bond donors (Lipinski definition) is 1. The van der Waals surface area contributed by atoms with E-state index in [9.17, 15) is 9.59 Å². The van der Waals surface area contributed by atoms with Crippen LogP contribution in [-0.2, 0) is 16.0 Å². The van der Waals surface area contributed by atoms with Crippen LogP contribution in [0.1, 0.15) is 11.1 Å². The third-order valence-electron chi connectivity index (χ3n) is 3.61. The molecule has 27 heavy (non-hydrogen) atoms. The summed E-state index contributed by atoms with van der Waals surface area (Å²) < 4.78 is 0.261. The van der Waals surface area contributed by atoms with Gasteiger partial charge in [-0.05, 0) is 35.5 Å². The fourth-order valence-corrected chi connectivity index (χ4v) is 3.86. The van der Waals surface area contributed by atoms with E-state index < -0.39 is 5.91 Å². The maximum absolute atomic E-state index is 12.5. The molecule has 1 aliphatic heterocycles. The summed E-state index contributed by atoms with van der Waals surface area (Å²) in [7, 11) is 0. The molecule has 0 spiro atoms. The second-order valence-electron chi connectivity index (χ2n) is 5.65. The van der Waals surface area contributed by atoms with Gasteiger partial charge in [0, 0.05) is 5.03 Å². The van der Waals surface area contributed by atoms with Crippen LogP contribution in [0.4, 0.5) is 0 Å². The van der Waals surface area contributed by atoms with Gasteiger partial charge in [0.1, 0.15) is 0 Å². The molecule has 1 N–H and O–H groups in total. The molecule has 2 aromatic rings. The first kappa shape index (κ1) is 19.4. The molecule has 1 fully saturated rings. The summed E-state index contributed by atoms with van der Waals surface area (Å²) in [5, 5.41) is 1.49. The molecule has 2 aromatic carbocycles. The van der Waals surface area contributed by atoms with Crippen LogP contribution in [0.2, 0.25) is 0 Å². The predicted octanol–water partition coefficient (Wildman–Crippen LogP) is 4.28. The molecule has 7 heteroatoms. The van der Waals surface area contributed by atoms with Crippen molar-refractivity contribution in [3.8, 4) is 0 Å². The Morgan fingerprint density at radius 2 is 1.74 bits per heavy atom. The molecule has 0 bridgehead atoms. The van der Waals surface area contributed by atoms with Crippen molar-refractivity contribution in [2.24, 2.45) is 0 Å². The molecule has 0 radical (unpaired) electrons. The highest BCUT2D eigenvalue weighted by molar-refractivity contribution is 8.26. The van der Waals surface area contributed by atoms with E-state index in [0.29, 0.717) is 9.94 Å². The average molecular weight is 415 g/mol. The summed E-state index contributed by atoms with van der Waals surface area (Å²) in [5.74, 6) is -0.712. The minimum atomic E-state index is -0.397. The van der Waals surface area contributed by atoms with E-state index in [1.54, 1.807) is 12.2 Å². The van der Waals surface area contributed by atoms with Crippen LogP contribution in [0.3, 0.4) is 0 Å². The minimum absolute atomic E-state index is 0.158. The van der Waals surface area contributed by atoms with E-state index in [1.165, 1.54) is 0 Å². The molecule has 0 aliphatic carbocycles. The molecular formula is C20H15ClN2O2S2. The zero-order valence-electron chi connectivity index (χ0n) is 14.1. The van der Waals surface area contributed by atoms with Gasteiger partial charge in [0.25, 0.3) is 5.91 Å². The molecule has 1 aliphatic rings. The summed E-state index contributed by atoms with van der Waals surface area (Å²) in [5.41, 5.74) is 4.33. The quantitative estimate of drug-likeness (QED) is 0.586. The van der Waals surface area contributed by atoms with Gasteiger partial charge < -0.3 is 0 Å². The number of nitrogens with one attached hydrogen (secondary N) is 1. The number of hydrazine groups is 1. The van der Waals surface area contributed by atoms with Crippen LogP contribution in [0.5, 0.6) is 0 Å². The van der Waals surface area contributed by atoms with Crippen LogP contribution in [-0.4, -0.2) is 21.1 Å². The molecular weight excluding hydrogens is 400 g/mol. The van der Waals surface area contributed by atoms with E-state index in [0.717, 1.165) is 27.9 Å². The van der Waals surface area contributed by atoms with Crippen molar-refractivity contribution >= 4 is 57.8 Å².